The van der Waals surface area contributed by atoms with E-state index in [0.29, 0.717) is 28.9 Å². The molecule has 0 aliphatic carbocycles. The number of anilines is 3. The van der Waals surface area contributed by atoms with Gasteiger partial charge in [-0.2, -0.15) is 0 Å². The van der Waals surface area contributed by atoms with Crippen molar-refractivity contribution in [1.29, 1.82) is 0 Å². The van der Waals surface area contributed by atoms with Crippen molar-refractivity contribution < 1.29 is 22.7 Å². The fourth-order valence-corrected chi connectivity index (χ4v) is 7.26. The number of sulfonamides is 1. The van der Waals surface area contributed by atoms with Gasteiger partial charge in [-0.05, 0) is 84.2 Å². The van der Waals surface area contributed by atoms with Gasteiger partial charge in [-0.1, -0.05) is 97.0 Å². The Morgan fingerprint density at radius 2 is 1.54 bits per heavy atom. The normalized spacial score (nSPS) is 12.8. The summed E-state index contributed by atoms with van der Waals surface area (Å²) >= 11 is 0. The van der Waals surface area contributed by atoms with Crippen molar-refractivity contribution in [2.75, 3.05) is 15.4 Å². The Kier molecular flexibility index (Phi) is 10.6. The fourth-order valence-electron chi connectivity index (χ4n) is 6.17. The van der Waals surface area contributed by atoms with Gasteiger partial charge in [0.15, 0.2) is 17.6 Å². The summed E-state index contributed by atoms with van der Waals surface area (Å²) in [6.45, 7) is 15.1. The van der Waals surface area contributed by atoms with Crippen LogP contribution in [0.1, 0.15) is 89.2 Å². The van der Waals surface area contributed by atoms with Gasteiger partial charge in [0.2, 0.25) is 0 Å². The van der Waals surface area contributed by atoms with Crippen LogP contribution in [0.3, 0.4) is 0 Å². The molecule has 1 atom stereocenters. The first-order valence-corrected chi connectivity index (χ1v) is 19.8. The van der Waals surface area contributed by atoms with Gasteiger partial charge < -0.3 is 15.4 Å². The largest absolute Gasteiger partial charge is 0.480 e. The van der Waals surface area contributed by atoms with Crippen LogP contribution in [0.15, 0.2) is 102 Å². The summed E-state index contributed by atoms with van der Waals surface area (Å²) in [5.41, 5.74) is 4.43. The predicted molar refractivity (Wildman–Crippen MR) is 215 cm³/mol. The SMILES string of the molecule is CCC(Oc1ccc(C(C)(C)CC)cc1C(C)(C)CC)C(=O)Nc1cccc(C(=O)Nc2[nH]n3c(nc4ccccc43)c2NS(=O)(=O)c2ccccc2)c1. The predicted octanol–water partition coefficient (Wildman–Crippen LogP) is 9.04. The molecule has 4 aromatic carbocycles. The molecular weight excluding hydrogens is 701 g/mol. The van der Waals surface area contributed by atoms with Gasteiger partial charge in [0.1, 0.15) is 11.4 Å². The van der Waals surface area contributed by atoms with Gasteiger partial charge in [0.05, 0.1) is 15.9 Å². The maximum absolute atomic E-state index is 13.7. The molecule has 54 heavy (non-hydrogen) atoms. The van der Waals surface area contributed by atoms with Crippen molar-refractivity contribution in [3.05, 3.63) is 114 Å². The first-order valence-electron chi connectivity index (χ1n) is 18.3. The highest BCUT2D eigenvalue weighted by Gasteiger charge is 2.29. The van der Waals surface area contributed by atoms with Gasteiger partial charge in [-0.15, -0.1) is 0 Å². The highest BCUT2D eigenvalue weighted by Crippen LogP contribution is 2.39. The second-order valence-corrected chi connectivity index (χ2v) is 16.4. The lowest BCUT2D eigenvalue weighted by Crippen LogP contribution is -2.33. The molecule has 0 saturated carbocycles. The molecule has 0 aliphatic rings. The number of rotatable bonds is 14. The number of carbonyl (C=O) groups excluding carboxylic acids is 2. The van der Waals surface area contributed by atoms with E-state index in [-0.39, 0.29) is 44.3 Å². The van der Waals surface area contributed by atoms with Crippen molar-refractivity contribution in [2.24, 2.45) is 0 Å². The molecule has 0 radical (unpaired) electrons. The number of ether oxygens (including phenoxy) is 1. The zero-order valence-electron chi connectivity index (χ0n) is 31.8. The summed E-state index contributed by atoms with van der Waals surface area (Å²) in [6.07, 6.45) is 1.51. The Balaban J connectivity index is 1.24. The number of aromatic amines is 1. The van der Waals surface area contributed by atoms with Crippen molar-refractivity contribution in [2.45, 2.75) is 89.6 Å². The lowest BCUT2D eigenvalue weighted by atomic mass is 9.76. The van der Waals surface area contributed by atoms with Crippen molar-refractivity contribution in [1.82, 2.24) is 14.6 Å². The number of fused-ring (bicyclic) bond motifs is 3. The molecule has 0 spiro atoms. The number of aromatic nitrogens is 3. The Labute approximate surface area is 316 Å². The van der Waals surface area contributed by atoms with E-state index < -0.39 is 22.0 Å². The molecule has 2 aromatic heterocycles. The van der Waals surface area contributed by atoms with E-state index in [2.05, 4.69) is 79.1 Å². The van der Waals surface area contributed by atoms with Gasteiger partial charge in [0.25, 0.3) is 21.8 Å². The summed E-state index contributed by atoms with van der Waals surface area (Å²) < 4.78 is 37.6. The number of hydrogen-bond acceptors (Lipinski definition) is 6. The molecule has 2 amide bonds. The van der Waals surface area contributed by atoms with E-state index in [4.69, 9.17) is 4.74 Å². The molecule has 6 aromatic rings. The first kappa shape index (κ1) is 38.1. The number of amides is 2. The molecule has 6 rings (SSSR count). The molecule has 0 saturated heterocycles. The first-order chi connectivity index (χ1) is 25.7. The van der Waals surface area contributed by atoms with Crippen LogP contribution in [-0.2, 0) is 25.6 Å². The highest BCUT2D eigenvalue weighted by molar-refractivity contribution is 7.92. The molecule has 11 nitrogen and oxygen atoms in total. The Hall–Kier alpha value is -5.62. The summed E-state index contributed by atoms with van der Waals surface area (Å²) in [6, 6.07) is 28.1. The van der Waals surface area contributed by atoms with Crippen molar-refractivity contribution in [3.8, 4) is 5.75 Å². The molecule has 4 N–H and O–H groups in total. The highest BCUT2D eigenvalue weighted by atomic mass is 32.2. The minimum absolute atomic E-state index is 0.00552. The number of imidazole rings is 1. The summed E-state index contributed by atoms with van der Waals surface area (Å²) in [7, 11) is -4.05. The Bertz CT molecular complexity index is 2430. The zero-order chi connectivity index (χ0) is 38.8. The molecule has 12 heteroatoms. The molecule has 0 fully saturated rings. The van der Waals surface area contributed by atoms with E-state index in [1.54, 1.807) is 47.0 Å². The fraction of sp³-hybridized carbons (Fsp3) is 0.310. The maximum Gasteiger partial charge on any atom is 0.265 e. The molecule has 0 aliphatic heterocycles. The van der Waals surface area contributed by atoms with Crippen LogP contribution in [0, 0.1) is 0 Å². The second-order valence-electron chi connectivity index (χ2n) is 14.8. The molecule has 0 bridgehead atoms. The van der Waals surface area contributed by atoms with E-state index >= 15 is 0 Å². The molecule has 1 unspecified atom stereocenters. The third kappa shape index (κ3) is 7.70. The Morgan fingerprint density at radius 3 is 2.24 bits per heavy atom. The summed E-state index contributed by atoms with van der Waals surface area (Å²) in [4.78, 5) is 32.1. The van der Waals surface area contributed by atoms with Gasteiger partial charge in [-0.25, -0.2) is 17.9 Å². The van der Waals surface area contributed by atoms with Crippen LogP contribution >= 0.6 is 0 Å². The number of benzene rings is 4. The van der Waals surface area contributed by atoms with Crippen LogP contribution in [-0.4, -0.2) is 40.9 Å². The quantitative estimate of drug-likeness (QED) is 0.0875. The zero-order valence-corrected chi connectivity index (χ0v) is 32.6. The number of nitrogens with zero attached hydrogens (tertiary/aromatic N) is 2. The topological polar surface area (TPSA) is 147 Å². The maximum atomic E-state index is 13.7. The van der Waals surface area contributed by atoms with E-state index in [9.17, 15) is 18.0 Å². The summed E-state index contributed by atoms with van der Waals surface area (Å²) in [5, 5.41) is 8.84. The average molecular weight is 749 g/mol. The molecule has 282 valence electrons. The Morgan fingerprint density at radius 1 is 0.833 bits per heavy atom. The standard InChI is InChI=1S/C42H48N6O5S/c1-8-34(53-35-24-23-28(41(4,5)9-2)26-31(35)42(6,7)10-3)40(50)43-29-18-16-17-27(25-29)39(49)45-37-36(47-54(51,52)30-19-12-11-13-20-30)38-44-32-21-14-15-22-33(32)48(38)46-37/h11-26,34,46-47H,8-10H2,1-7H3,(H,43,50)(H,45,49). The summed E-state index contributed by atoms with van der Waals surface area (Å²) in [5.74, 6) is -0.106. The minimum Gasteiger partial charge on any atom is -0.480 e. The van der Waals surface area contributed by atoms with Gasteiger partial charge in [-0.3, -0.25) is 19.4 Å². The van der Waals surface area contributed by atoms with Crippen LogP contribution < -0.4 is 20.1 Å². The third-order valence-electron chi connectivity index (χ3n) is 10.4. The number of carbonyl (C=O) groups is 2. The van der Waals surface area contributed by atoms with Crippen molar-refractivity contribution in [3.63, 3.8) is 0 Å². The molecule has 2 heterocycles. The van der Waals surface area contributed by atoms with Crippen LogP contribution in [0.25, 0.3) is 16.7 Å². The smallest absolute Gasteiger partial charge is 0.265 e. The minimum atomic E-state index is -4.05. The second kappa shape index (κ2) is 15.0. The van der Waals surface area contributed by atoms with Crippen LogP contribution in [0.5, 0.6) is 5.75 Å². The number of para-hydroxylation sites is 2. The average Bonchev–Trinajstić information content (AvgIpc) is 3.69. The number of H-pyrrole nitrogens is 1. The van der Waals surface area contributed by atoms with E-state index in [1.807, 2.05) is 37.3 Å². The molecular formula is C42H48N6O5S. The van der Waals surface area contributed by atoms with E-state index in [0.717, 1.165) is 18.4 Å². The lowest BCUT2D eigenvalue weighted by Gasteiger charge is -2.31. The van der Waals surface area contributed by atoms with Crippen LogP contribution in [0.4, 0.5) is 17.2 Å². The number of hydrogen-bond donors (Lipinski definition) is 4. The third-order valence-corrected chi connectivity index (χ3v) is 11.7. The lowest BCUT2D eigenvalue weighted by molar-refractivity contribution is -0.122. The van der Waals surface area contributed by atoms with Crippen molar-refractivity contribution >= 4 is 55.7 Å². The monoisotopic (exact) mass is 748 g/mol. The van der Waals surface area contributed by atoms with Gasteiger partial charge >= 0.3 is 0 Å². The van der Waals surface area contributed by atoms with Crippen LogP contribution in [0.2, 0.25) is 0 Å². The number of nitrogens with one attached hydrogen (secondary N) is 4. The van der Waals surface area contributed by atoms with Gasteiger partial charge in [0, 0.05) is 16.8 Å². The van der Waals surface area contributed by atoms with E-state index in [1.165, 1.54) is 17.7 Å².